The van der Waals surface area contributed by atoms with Crippen LogP contribution in [0.1, 0.15) is 44.3 Å². The highest BCUT2D eigenvalue weighted by Crippen LogP contribution is 2.32. The molecule has 1 fully saturated rings. The van der Waals surface area contributed by atoms with E-state index in [-0.39, 0.29) is 24.0 Å². The lowest BCUT2D eigenvalue weighted by molar-refractivity contribution is -0.131. The second-order valence-electron chi connectivity index (χ2n) is 6.20. The number of rotatable bonds is 6. The van der Waals surface area contributed by atoms with Crippen LogP contribution in [-0.2, 0) is 4.79 Å². The van der Waals surface area contributed by atoms with Crippen molar-refractivity contribution >= 4 is 17.2 Å². The fourth-order valence-electron chi connectivity index (χ4n) is 3.15. The van der Waals surface area contributed by atoms with Crippen LogP contribution in [0.15, 0.2) is 35.3 Å². The second kappa shape index (κ2) is 7.27. The van der Waals surface area contributed by atoms with Gasteiger partial charge in [-0.05, 0) is 55.1 Å². The standard InChI is InChI=1S/C17H24N4OS/c1-13(14(2)21-9-4-7-19-21)18-11-17(22)20-8-3-5-16(20)15-6-10-23-12-15/h4,6-7,9-10,12-14,16,18H,3,5,8,11H2,1-2H3/t13-,14-,16+/m0/s1. The van der Waals surface area contributed by atoms with Gasteiger partial charge < -0.3 is 10.2 Å². The third-order valence-corrected chi connectivity index (χ3v) is 5.44. The summed E-state index contributed by atoms with van der Waals surface area (Å²) < 4.78 is 1.92. The largest absolute Gasteiger partial charge is 0.335 e. The van der Waals surface area contributed by atoms with Crippen molar-refractivity contribution in [1.82, 2.24) is 20.0 Å². The molecule has 1 amide bonds. The van der Waals surface area contributed by atoms with E-state index in [9.17, 15) is 4.79 Å². The van der Waals surface area contributed by atoms with Crippen LogP contribution in [-0.4, -0.2) is 39.7 Å². The van der Waals surface area contributed by atoms with Crippen molar-refractivity contribution in [2.24, 2.45) is 0 Å². The first-order valence-corrected chi connectivity index (χ1v) is 9.15. The molecule has 2 aromatic rings. The van der Waals surface area contributed by atoms with E-state index in [4.69, 9.17) is 0 Å². The van der Waals surface area contributed by atoms with Crippen molar-refractivity contribution in [3.05, 3.63) is 40.8 Å². The molecule has 3 heterocycles. The second-order valence-corrected chi connectivity index (χ2v) is 6.98. The average Bonchev–Trinajstić information content (AvgIpc) is 3.32. The van der Waals surface area contributed by atoms with E-state index in [0.717, 1.165) is 19.4 Å². The van der Waals surface area contributed by atoms with Crippen molar-refractivity contribution in [2.75, 3.05) is 13.1 Å². The lowest BCUT2D eigenvalue weighted by Gasteiger charge is -2.27. The maximum Gasteiger partial charge on any atom is 0.237 e. The number of thiophene rings is 1. The van der Waals surface area contributed by atoms with Gasteiger partial charge in [-0.1, -0.05) is 0 Å². The molecular formula is C17H24N4OS. The van der Waals surface area contributed by atoms with Crippen molar-refractivity contribution in [3.8, 4) is 0 Å². The van der Waals surface area contributed by atoms with Crippen LogP contribution in [0.25, 0.3) is 0 Å². The molecule has 0 spiro atoms. The summed E-state index contributed by atoms with van der Waals surface area (Å²) in [5.41, 5.74) is 1.28. The van der Waals surface area contributed by atoms with Crippen molar-refractivity contribution < 1.29 is 4.79 Å². The highest BCUT2D eigenvalue weighted by atomic mass is 32.1. The topological polar surface area (TPSA) is 50.2 Å². The van der Waals surface area contributed by atoms with Gasteiger partial charge in [-0.3, -0.25) is 9.48 Å². The van der Waals surface area contributed by atoms with Gasteiger partial charge in [0.25, 0.3) is 0 Å². The number of hydrogen-bond acceptors (Lipinski definition) is 4. The number of nitrogens with one attached hydrogen (secondary N) is 1. The summed E-state index contributed by atoms with van der Waals surface area (Å²) in [4.78, 5) is 14.6. The molecule has 2 aromatic heterocycles. The normalized spacial score (nSPS) is 20.6. The molecule has 0 radical (unpaired) electrons. The van der Waals surface area contributed by atoms with Gasteiger partial charge in [-0.25, -0.2) is 0 Å². The highest BCUT2D eigenvalue weighted by molar-refractivity contribution is 7.07. The number of amides is 1. The minimum absolute atomic E-state index is 0.182. The molecule has 5 nitrogen and oxygen atoms in total. The van der Waals surface area contributed by atoms with Crippen LogP contribution in [0.2, 0.25) is 0 Å². The molecule has 23 heavy (non-hydrogen) atoms. The number of aromatic nitrogens is 2. The van der Waals surface area contributed by atoms with Gasteiger partial charge in [-0.15, -0.1) is 0 Å². The minimum atomic E-state index is 0.182. The number of hydrogen-bond donors (Lipinski definition) is 1. The smallest absolute Gasteiger partial charge is 0.237 e. The van der Waals surface area contributed by atoms with E-state index in [1.807, 2.05) is 21.8 Å². The Bertz CT molecular complexity index is 611. The molecule has 3 atom stereocenters. The number of carbonyl (C=O) groups is 1. The van der Waals surface area contributed by atoms with Crippen molar-refractivity contribution in [3.63, 3.8) is 0 Å². The van der Waals surface area contributed by atoms with Gasteiger partial charge in [0, 0.05) is 25.0 Å². The third kappa shape index (κ3) is 3.64. The summed E-state index contributed by atoms with van der Waals surface area (Å²) in [6, 6.07) is 4.71. The third-order valence-electron chi connectivity index (χ3n) is 4.74. The Morgan fingerprint density at radius 2 is 2.39 bits per heavy atom. The van der Waals surface area contributed by atoms with Gasteiger partial charge in [0.1, 0.15) is 0 Å². The van der Waals surface area contributed by atoms with Crippen molar-refractivity contribution in [2.45, 2.75) is 44.8 Å². The SMILES string of the molecule is C[C@H](NCC(=O)N1CCC[C@@H]1c1ccsc1)[C@H](C)n1cccn1. The molecule has 1 aliphatic heterocycles. The summed E-state index contributed by atoms with van der Waals surface area (Å²) in [7, 11) is 0. The fourth-order valence-corrected chi connectivity index (χ4v) is 3.85. The first kappa shape index (κ1) is 16.2. The van der Waals surface area contributed by atoms with Crippen molar-refractivity contribution in [1.29, 1.82) is 0 Å². The van der Waals surface area contributed by atoms with E-state index >= 15 is 0 Å². The molecule has 0 unspecified atom stereocenters. The minimum Gasteiger partial charge on any atom is -0.335 e. The van der Waals surface area contributed by atoms with Crippen LogP contribution in [0.4, 0.5) is 0 Å². The van der Waals surface area contributed by atoms with Gasteiger partial charge in [0.15, 0.2) is 0 Å². The van der Waals surface area contributed by atoms with E-state index in [2.05, 4.69) is 41.1 Å². The van der Waals surface area contributed by atoms with Gasteiger partial charge in [0.05, 0.1) is 18.6 Å². The van der Waals surface area contributed by atoms with Crippen LogP contribution < -0.4 is 5.32 Å². The Hall–Kier alpha value is -1.66. The number of nitrogens with zero attached hydrogens (tertiary/aromatic N) is 3. The Kier molecular flexibility index (Phi) is 5.13. The van der Waals surface area contributed by atoms with Crippen LogP contribution >= 0.6 is 11.3 Å². The zero-order valence-electron chi connectivity index (χ0n) is 13.7. The van der Waals surface area contributed by atoms with Crippen LogP contribution in [0.3, 0.4) is 0 Å². The summed E-state index contributed by atoms with van der Waals surface area (Å²) in [5.74, 6) is 0.193. The fraction of sp³-hybridized carbons (Fsp3) is 0.529. The maximum absolute atomic E-state index is 12.6. The van der Waals surface area contributed by atoms with E-state index in [0.29, 0.717) is 6.54 Å². The maximum atomic E-state index is 12.6. The molecule has 0 saturated carbocycles. The van der Waals surface area contributed by atoms with Gasteiger partial charge >= 0.3 is 0 Å². The van der Waals surface area contributed by atoms with E-state index < -0.39 is 0 Å². The molecule has 0 aliphatic carbocycles. The number of likely N-dealkylation sites (tertiary alicyclic amines) is 1. The molecule has 1 saturated heterocycles. The van der Waals surface area contributed by atoms with Gasteiger partial charge in [-0.2, -0.15) is 16.4 Å². The number of carbonyl (C=O) groups excluding carboxylic acids is 1. The molecular weight excluding hydrogens is 308 g/mol. The lowest BCUT2D eigenvalue weighted by atomic mass is 10.1. The predicted molar refractivity (Wildman–Crippen MR) is 92.4 cm³/mol. The summed E-state index contributed by atoms with van der Waals surface area (Å²) in [6.45, 7) is 5.46. The predicted octanol–water partition coefficient (Wildman–Crippen LogP) is 2.85. The quantitative estimate of drug-likeness (QED) is 0.885. The monoisotopic (exact) mass is 332 g/mol. The molecule has 124 valence electrons. The molecule has 3 rings (SSSR count). The highest BCUT2D eigenvalue weighted by Gasteiger charge is 2.30. The Balaban J connectivity index is 1.54. The molecule has 0 aromatic carbocycles. The summed E-state index contributed by atoms with van der Waals surface area (Å²) >= 11 is 1.70. The van der Waals surface area contributed by atoms with Crippen LogP contribution in [0.5, 0.6) is 0 Å². The first-order valence-electron chi connectivity index (χ1n) is 8.21. The molecule has 6 heteroatoms. The lowest BCUT2D eigenvalue weighted by Crippen LogP contribution is -2.43. The molecule has 1 aliphatic rings. The Morgan fingerprint density at radius 1 is 1.52 bits per heavy atom. The summed E-state index contributed by atoms with van der Waals surface area (Å²) in [6.07, 6.45) is 5.90. The molecule has 0 bridgehead atoms. The average molecular weight is 332 g/mol. The van der Waals surface area contributed by atoms with E-state index in [1.165, 1.54) is 5.56 Å². The Labute approximate surface area is 141 Å². The molecule has 1 N–H and O–H groups in total. The zero-order valence-corrected chi connectivity index (χ0v) is 14.5. The van der Waals surface area contributed by atoms with Crippen LogP contribution in [0, 0.1) is 0 Å². The van der Waals surface area contributed by atoms with Gasteiger partial charge in [0.2, 0.25) is 5.91 Å². The zero-order chi connectivity index (χ0) is 16.2. The van der Waals surface area contributed by atoms with E-state index in [1.54, 1.807) is 17.5 Å². The first-order chi connectivity index (χ1) is 11.2. The Morgan fingerprint density at radius 3 is 3.09 bits per heavy atom. The summed E-state index contributed by atoms with van der Waals surface area (Å²) in [5, 5.41) is 11.9.